The highest BCUT2D eigenvalue weighted by Gasteiger charge is 2.25. The van der Waals surface area contributed by atoms with E-state index in [4.69, 9.17) is 10.5 Å². The van der Waals surface area contributed by atoms with Gasteiger partial charge in [0.2, 0.25) is 0 Å². The number of piperazine rings is 1. The molecule has 0 spiro atoms. The number of aryl methyl sites for hydroxylation is 1. The number of anilines is 2. The standard InChI is InChI=1S/C22H25N5O2S/c1-13-2-5-17-19(23)20(30-22(17)25-13)21(28)26-15-10-14-3-4-16(11-18(14)29-12-15)27-8-6-24-7-9-27/h2-5,11,15,24H,6-10,12,23H2,1H3,(H,26,28). The third-order valence-electron chi connectivity index (χ3n) is 5.71. The first kappa shape index (κ1) is 19.1. The first-order chi connectivity index (χ1) is 14.6. The molecule has 5 rings (SSSR count). The fourth-order valence-electron chi connectivity index (χ4n) is 4.08. The summed E-state index contributed by atoms with van der Waals surface area (Å²) in [6.45, 7) is 6.39. The van der Waals surface area contributed by atoms with Crippen molar-refractivity contribution in [2.24, 2.45) is 0 Å². The number of ether oxygens (including phenoxy) is 1. The van der Waals surface area contributed by atoms with E-state index in [9.17, 15) is 4.79 Å². The molecule has 4 N–H and O–H groups in total. The molecule has 30 heavy (non-hydrogen) atoms. The molecule has 1 atom stereocenters. The number of hydrogen-bond donors (Lipinski definition) is 3. The van der Waals surface area contributed by atoms with Crippen molar-refractivity contribution in [1.29, 1.82) is 0 Å². The van der Waals surface area contributed by atoms with Crippen molar-refractivity contribution in [3.8, 4) is 5.75 Å². The van der Waals surface area contributed by atoms with Crippen molar-refractivity contribution in [3.63, 3.8) is 0 Å². The van der Waals surface area contributed by atoms with Gasteiger partial charge in [0.15, 0.2) is 0 Å². The van der Waals surface area contributed by atoms with Crippen molar-refractivity contribution >= 4 is 38.8 Å². The quantitative estimate of drug-likeness (QED) is 0.599. The topological polar surface area (TPSA) is 92.5 Å². The molecule has 2 aromatic heterocycles. The van der Waals surface area contributed by atoms with Crippen LogP contribution in [-0.2, 0) is 6.42 Å². The number of carbonyl (C=O) groups is 1. The molecule has 2 aliphatic rings. The molecule has 8 heteroatoms. The number of rotatable bonds is 3. The Morgan fingerprint density at radius 1 is 1.30 bits per heavy atom. The Balaban J connectivity index is 1.29. The van der Waals surface area contributed by atoms with Crippen molar-refractivity contribution in [2.75, 3.05) is 43.4 Å². The number of nitrogen functional groups attached to an aromatic ring is 1. The molecule has 0 saturated carbocycles. The molecule has 0 bridgehead atoms. The van der Waals surface area contributed by atoms with Crippen molar-refractivity contribution in [2.45, 2.75) is 19.4 Å². The average Bonchev–Trinajstić information content (AvgIpc) is 3.09. The van der Waals surface area contributed by atoms with Gasteiger partial charge in [-0.15, -0.1) is 11.3 Å². The number of nitrogens with zero attached hydrogens (tertiary/aromatic N) is 2. The number of benzene rings is 1. The molecule has 3 aromatic rings. The van der Waals surface area contributed by atoms with Crippen LogP contribution in [-0.4, -0.2) is 49.7 Å². The zero-order valence-electron chi connectivity index (χ0n) is 16.9. The van der Waals surface area contributed by atoms with Gasteiger partial charge in [0.1, 0.15) is 22.1 Å². The van der Waals surface area contributed by atoms with Crippen LogP contribution < -0.4 is 26.0 Å². The predicted octanol–water partition coefficient (Wildman–Crippen LogP) is 2.33. The second kappa shape index (κ2) is 7.77. The number of nitrogens with two attached hydrogens (primary N) is 1. The molecule has 1 unspecified atom stereocenters. The van der Waals surface area contributed by atoms with E-state index >= 15 is 0 Å². The minimum Gasteiger partial charge on any atom is -0.491 e. The van der Waals surface area contributed by atoms with Crippen LogP contribution >= 0.6 is 11.3 Å². The zero-order valence-corrected chi connectivity index (χ0v) is 17.7. The van der Waals surface area contributed by atoms with Crippen LogP contribution in [0.15, 0.2) is 30.3 Å². The van der Waals surface area contributed by atoms with E-state index in [1.54, 1.807) is 0 Å². The summed E-state index contributed by atoms with van der Waals surface area (Å²) in [6, 6.07) is 10.1. The largest absolute Gasteiger partial charge is 0.491 e. The van der Waals surface area contributed by atoms with Crippen LogP contribution in [0.4, 0.5) is 11.4 Å². The van der Waals surface area contributed by atoms with Gasteiger partial charge >= 0.3 is 0 Å². The molecule has 4 heterocycles. The fourth-order valence-corrected chi connectivity index (χ4v) is 5.13. The Bertz CT molecular complexity index is 1110. The number of fused-ring (bicyclic) bond motifs is 2. The van der Waals surface area contributed by atoms with Crippen LogP contribution in [0.3, 0.4) is 0 Å². The molecule has 1 aromatic carbocycles. The number of aromatic nitrogens is 1. The van der Waals surface area contributed by atoms with Crippen LogP contribution in [0.1, 0.15) is 20.9 Å². The monoisotopic (exact) mass is 423 g/mol. The van der Waals surface area contributed by atoms with Gasteiger partial charge in [0, 0.05) is 49.0 Å². The van der Waals surface area contributed by atoms with Crippen LogP contribution in [0, 0.1) is 6.92 Å². The van der Waals surface area contributed by atoms with Crippen molar-refractivity contribution < 1.29 is 9.53 Å². The average molecular weight is 424 g/mol. The second-order valence-electron chi connectivity index (χ2n) is 7.86. The summed E-state index contributed by atoms with van der Waals surface area (Å²) in [7, 11) is 0. The maximum absolute atomic E-state index is 12.9. The van der Waals surface area contributed by atoms with Gasteiger partial charge in [0.25, 0.3) is 5.91 Å². The molecule has 0 radical (unpaired) electrons. The number of amides is 1. The number of nitrogens with one attached hydrogen (secondary N) is 2. The van der Waals surface area contributed by atoms with Gasteiger partial charge < -0.3 is 26.0 Å². The van der Waals surface area contributed by atoms with E-state index in [1.807, 2.05) is 19.1 Å². The summed E-state index contributed by atoms with van der Waals surface area (Å²) in [5.41, 5.74) is 9.95. The van der Waals surface area contributed by atoms with E-state index < -0.39 is 0 Å². The van der Waals surface area contributed by atoms with E-state index in [-0.39, 0.29) is 11.9 Å². The summed E-state index contributed by atoms with van der Waals surface area (Å²) in [5.74, 6) is 0.750. The van der Waals surface area contributed by atoms with Gasteiger partial charge in [-0.3, -0.25) is 4.79 Å². The maximum atomic E-state index is 12.9. The van der Waals surface area contributed by atoms with E-state index in [1.165, 1.54) is 17.0 Å². The van der Waals surface area contributed by atoms with Crippen LogP contribution in [0.2, 0.25) is 0 Å². The van der Waals surface area contributed by atoms with Gasteiger partial charge in [-0.2, -0.15) is 0 Å². The third kappa shape index (κ3) is 3.57. The van der Waals surface area contributed by atoms with Crippen molar-refractivity contribution in [1.82, 2.24) is 15.6 Å². The normalized spacial score (nSPS) is 18.7. The lowest BCUT2D eigenvalue weighted by atomic mass is 10.0. The first-order valence-electron chi connectivity index (χ1n) is 10.3. The lowest BCUT2D eigenvalue weighted by Gasteiger charge is -2.31. The van der Waals surface area contributed by atoms with Crippen LogP contribution in [0.5, 0.6) is 5.75 Å². The molecule has 1 amide bonds. The van der Waals surface area contributed by atoms with E-state index in [0.717, 1.165) is 59.8 Å². The molecule has 156 valence electrons. The minimum atomic E-state index is -0.164. The van der Waals surface area contributed by atoms with E-state index in [2.05, 4.69) is 38.7 Å². The SMILES string of the molecule is Cc1ccc2c(N)c(C(=O)NC3COc4cc(N5CCNCC5)ccc4C3)sc2n1. The highest BCUT2D eigenvalue weighted by atomic mass is 32.1. The molecule has 2 aliphatic heterocycles. The fraction of sp³-hybridized carbons (Fsp3) is 0.364. The Labute approximate surface area is 179 Å². The Morgan fingerprint density at radius 3 is 2.97 bits per heavy atom. The molecule has 1 fully saturated rings. The smallest absolute Gasteiger partial charge is 0.263 e. The number of thiophene rings is 1. The molecular formula is C22H25N5O2S. The minimum absolute atomic E-state index is 0.0886. The third-order valence-corrected chi connectivity index (χ3v) is 6.83. The summed E-state index contributed by atoms with van der Waals surface area (Å²) in [6.07, 6.45) is 0.741. The predicted molar refractivity (Wildman–Crippen MR) is 121 cm³/mol. The van der Waals surface area contributed by atoms with Gasteiger partial charge in [-0.1, -0.05) is 6.07 Å². The van der Waals surface area contributed by atoms with Crippen molar-refractivity contribution in [3.05, 3.63) is 46.5 Å². The molecule has 7 nitrogen and oxygen atoms in total. The highest BCUT2D eigenvalue weighted by Crippen LogP contribution is 2.33. The van der Waals surface area contributed by atoms with Gasteiger partial charge in [-0.05, 0) is 37.1 Å². The Morgan fingerprint density at radius 2 is 2.13 bits per heavy atom. The lowest BCUT2D eigenvalue weighted by molar-refractivity contribution is 0.0920. The number of pyridine rings is 1. The molecular weight excluding hydrogens is 398 g/mol. The highest BCUT2D eigenvalue weighted by molar-refractivity contribution is 7.21. The number of carbonyl (C=O) groups excluding carboxylic acids is 1. The summed E-state index contributed by atoms with van der Waals surface area (Å²) in [5, 5.41) is 7.30. The molecule has 1 saturated heterocycles. The first-order valence-corrected chi connectivity index (χ1v) is 11.1. The van der Waals surface area contributed by atoms with E-state index in [0.29, 0.717) is 17.2 Å². The Kier molecular flexibility index (Phi) is 4.96. The number of hydrogen-bond acceptors (Lipinski definition) is 7. The summed E-state index contributed by atoms with van der Waals surface area (Å²) in [4.78, 5) is 21.1. The zero-order chi connectivity index (χ0) is 20.7. The van der Waals surface area contributed by atoms with Gasteiger partial charge in [-0.25, -0.2) is 4.98 Å². The molecule has 0 aliphatic carbocycles. The van der Waals surface area contributed by atoms with Crippen LogP contribution in [0.25, 0.3) is 10.2 Å². The summed E-state index contributed by atoms with van der Waals surface area (Å²) >= 11 is 1.34. The Hall–Kier alpha value is -2.84. The second-order valence-corrected chi connectivity index (χ2v) is 8.86. The maximum Gasteiger partial charge on any atom is 0.263 e. The summed E-state index contributed by atoms with van der Waals surface area (Å²) < 4.78 is 6.01. The lowest BCUT2D eigenvalue weighted by Crippen LogP contribution is -2.44. The van der Waals surface area contributed by atoms with Gasteiger partial charge in [0.05, 0.1) is 11.7 Å².